The number of hydrogen-bond acceptors (Lipinski definition) is 4. The fraction of sp³-hybridized carbons (Fsp3) is 0.231. The topological polar surface area (TPSA) is 78.9 Å². The van der Waals surface area contributed by atoms with E-state index in [9.17, 15) is 14.7 Å². The molecule has 0 radical (unpaired) electrons. The predicted octanol–water partition coefficient (Wildman–Crippen LogP) is 5.57. The molecule has 1 aliphatic rings. The molecule has 0 fully saturated rings. The highest BCUT2D eigenvalue weighted by Gasteiger charge is 2.43. The van der Waals surface area contributed by atoms with Crippen LogP contribution < -0.4 is 10.2 Å². The van der Waals surface area contributed by atoms with Crippen LogP contribution in [-0.4, -0.2) is 30.3 Å². The minimum Gasteiger partial charge on any atom is -0.467 e. The van der Waals surface area contributed by atoms with Crippen molar-refractivity contribution in [2.45, 2.75) is 25.4 Å². The van der Waals surface area contributed by atoms with Gasteiger partial charge < -0.3 is 15.2 Å². The van der Waals surface area contributed by atoms with Crippen molar-refractivity contribution >= 4 is 23.4 Å². The molecule has 1 amide bonds. The fourth-order valence-corrected chi connectivity index (χ4v) is 4.55. The number of fused-ring (bicyclic) bond motifs is 1. The van der Waals surface area contributed by atoms with E-state index < -0.39 is 24.1 Å². The molecule has 0 aliphatic carbocycles. The van der Waals surface area contributed by atoms with Gasteiger partial charge in [-0.15, -0.1) is 0 Å². The molecule has 6 heteroatoms. The number of rotatable bonds is 4. The van der Waals surface area contributed by atoms with Crippen molar-refractivity contribution < 1.29 is 19.4 Å². The van der Waals surface area contributed by atoms with E-state index in [4.69, 9.17) is 4.74 Å². The molecule has 0 aromatic heterocycles. The summed E-state index contributed by atoms with van der Waals surface area (Å²) in [4.78, 5) is 26.9. The van der Waals surface area contributed by atoms with Crippen molar-refractivity contribution in [1.29, 1.82) is 0 Å². The molecule has 3 aromatic carbocycles. The Morgan fingerprint density at radius 2 is 1.62 bits per heavy atom. The summed E-state index contributed by atoms with van der Waals surface area (Å²) in [5, 5.41) is 13.7. The quantitative estimate of drug-likeness (QED) is 0.529. The maximum absolute atomic E-state index is 12.8. The van der Waals surface area contributed by atoms with E-state index in [0.29, 0.717) is 17.8 Å². The Morgan fingerprint density at radius 1 is 0.969 bits per heavy atom. The SMILES string of the molecule is CCC1C(C(=O)OC)Nc2ccc(-c3ccccc3)cc2N(C(=O)O)C1c1ccccc1. The molecule has 0 saturated heterocycles. The van der Waals surface area contributed by atoms with Crippen LogP contribution in [0, 0.1) is 5.92 Å². The summed E-state index contributed by atoms with van der Waals surface area (Å²) >= 11 is 0. The van der Waals surface area contributed by atoms with Gasteiger partial charge in [-0.1, -0.05) is 73.7 Å². The second-order valence-electron chi connectivity index (χ2n) is 7.82. The lowest BCUT2D eigenvalue weighted by Gasteiger charge is -2.35. The number of carbonyl (C=O) groups is 2. The number of esters is 1. The van der Waals surface area contributed by atoms with Gasteiger partial charge in [-0.05, 0) is 35.2 Å². The molecular formula is C26H26N2O4. The normalized spacial score (nSPS) is 19.9. The number of hydrogen-bond donors (Lipinski definition) is 2. The van der Waals surface area contributed by atoms with Crippen molar-refractivity contribution in [3.05, 3.63) is 84.4 Å². The number of anilines is 2. The number of ether oxygens (including phenoxy) is 1. The molecule has 6 nitrogen and oxygen atoms in total. The zero-order chi connectivity index (χ0) is 22.7. The van der Waals surface area contributed by atoms with E-state index >= 15 is 0 Å². The second kappa shape index (κ2) is 9.14. The first kappa shape index (κ1) is 21.4. The number of amides is 1. The van der Waals surface area contributed by atoms with Crippen LogP contribution >= 0.6 is 0 Å². The maximum atomic E-state index is 12.8. The fourth-order valence-electron chi connectivity index (χ4n) is 4.55. The number of carboxylic acid groups (broad SMARTS) is 1. The van der Waals surface area contributed by atoms with Crippen LogP contribution in [-0.2, 0) is 9.53 Å². The lowest BCUT2D eigenvalue weighted by molar-refractivity contribution is -0.143. The first-order valence-electron chi connectivity index (χ1n) is 10.7. The van der Waals surface area contributed by atoms with Crippen molar-refractivity contribution in [3.8, 4) is 11.1 Å². The van der Waals surface area contributed by atoms with Crippen LogP contribution in [0.25, 0.3) is 11.1 Å². The molecule has 32 heavy (non-hydrogen) atoms. The Kier molecular flexibility index (Phi) is 6.12. The first-order valence-corrected chi connectivity index (χ1v) is 10.7. The number of nitrogens with one attached hydrogen (secondary N) is 1. The largest absolute Gasteiger partial charge is 0.467 e. The third-order valence-electron chi connectivity index (χ3n) is 6.06. The number of benzene rings is 3. The van der Waals surface area contributed by atoms with Gasteiger partial charge in [0.15, 0.2) is 0 Å². The van der Waals surface area contributed by atoms with Gasteiger partial charge in [0.25, 0.3) is 0 Å². The standard InChI is InChI=1S/C26H26N2O4/c1-3-20-23(25(29)32-2)27-21-15-14-19(17-10-6-4-7-11-17)16-22(21)28(26(30)31)24(20)18-12-8-5-9-13-18/h4-16,20,23-24,27H,3H2,1-2H3,(H,30,31). The van der Waals surface area contributed by atoms with Crippen molar-refractivity contribution in [1.82, 2.24) is 0 Å². The summed E-state index contributed by atoms with van der Waals surface area (Å²) in [6.07, 6.45) is -0.494. The van der Waals surface area contributed by atoms with Gasteiger partial charge in [0, 0.05) is 5.92 Å². The van der Waals surface area contributed by atoms with Crippen LogP contribution in [0.5, 0.6) is 0 Å². The van der Waals surface area contributed by atoms with Gasteiger partial charge in [0.2, 0.25) is 0 Å². The highest BCUT2D eigenvalue weighted by molar-refractivity contribution is 5.96. The summed E-state index contributed by atoms with van der Waals surface area (Å²) in [6, 6.07) is 23.6. The smallest absolute Gasteiger partial charge is 0.412 e. The van der Waals surface area contributed by atoms with Crippen LogP contribution in [0.2, 0.25) is 0 Å². The van der Waals surface area contributed by atoms with Crippen molar-refractivity contribution in [2.24, 2.45) is 5.92 Å². The van der Waals surface area contributed by atoms with E-state index in [0.717, 1.165) is 16.7 Å². The summed E-state index contributed by atoms with van der Waals surface area (Å²) in [7, 11) is 1.35. The van der Waals surface area contributed by atoms with Crippen LogP contribution in [0.15, 0.2) is 78.9 Å². The summed E-state index contributed by atoms with van der Waals surface area (Å²) < 4.78 is 5.10. The molecule has 1 aliphatic heterocycles. The maximum Gasteiger partial charge on any atom is 0.412 e. The Bertz CT molecular complexity index is 1100. The average Bonchev–Trinajstić information content (AvgIpc) is 2.98. The molecule has 3 atom stereocenters. The first-order chi connectivity index (χ1) is 15.5. The van der Waals surface area contributed by atoms with Crippen LogP contribution in [0.1, 0.15) is 24.9 Å². The Hall–Kier alpha value is -3.80. The molecular weight excluding hydrogens is 404 g/mol. The second-order valence-corrected chi connectivity index (χ2v) is 7.82. The zero-order valence-electron chi connectivity index (χ0n) is 18.1. The molecule has 0 spiro atoms. The molecule has 0 saturated carbocycles. The lowest BCUT2D eigenvalue weighted by atomic mass is 9.84. The van der Waals surface area contributed by atoms with Crippen molar-refractivity contribution in [2.75, 3.05) is 17.3 Å². The highest BCUT2D eigenvalue weighted by Crippen LogP contribution is 2.45. The average molecular weight is 431 g/mol. The molecule has 1 heterocycles. The van der Waals surface area contributed by atoms with Gasteiger partial charge in [-0.3, -0.25) is 4.90 Å². The minimum absolute atomic E-state index is 0.339. The molecule has 164 valence electrons. The molecule has 2 N–H and O–H groups in total. The van der Waals surface area contributed by atoms with Gasteiger partial charge in [0.1, 0.15) is 6.04 Å². The molecule has 4 rings (SSSR count). The lowest BCUT2D eigenvalue weighted by Crippen LogP contribution is -2.44. The summed E-state index contributed by atoms with van der Waals surface area (Å²) in [5.41, 5.74) is 3.80. The van der Waals surface area contributed by atoms with E-state index in [1.807, 2.05) is 85.8 Å². The highest BCUT2D eigenvalue weighted by atomic mass is 16.5. The van der Waals surface area contributed by atoms with E-state index in [-0.39, 0.29) is 5.92 Å². The van der Waals surface area contributed by atoms with E-state index in [1.165, 1.54) is 12.0 Å². The van der Waals surface area contributed by atoms with Gasteiger partial charge in [-0.2, -0.15) is 0 Å². The Labute approximate surface area is 187 Å². The predicted molar refractivity (Wildman–Crippen MR) is 125 cm³/mol. The summed E-state index contributed by atoms with van der Waals surface area (Å²) in [6.45, 7) is 1.96. The molecule has 3 aromatic rings. The zero-order valence-corrected chi connectivity index (χ0v) is 18.1. The van der Waals surface area contributed by atoms with Gasteiger partial charge >= 0.3 is 12.1 Å². The van der Waals surface area contributed by atoms with Crippen molar-refractivity contribution in [3.63, 3.8) is 0 Å². The summed E-state index contributed by atoms with van der Waals surface area (Å²) in [5.74, 6) is -0.753. The van der Waals surface area contributed by atoms with Crippen LogP contribution in [0.4, 0.5) is 16.2 Å². The van der Waals surface area contributed by atoms with Crippen LogP contribution in [0.3, 0.4) is 0 Å². The van der Waals surface area contributed by atoms with Gasteiger partial charge in [-0.25, -0.2) is 9.59 Å². The van der Waals surface area contributed by atoms with E-state index in [2.05, 4.69) is 5.32 Å². The molecule has 3 unspecified atom stereocenters. The Morgan fingerprint density at radius 3 is 2.22 bits per heavy atom. The third kappa shape index (κ3) is 3.91. The number of nitrogens with zero attached hydrogens (tertiary/aromatic N) is 1. The minimum atomic E-state index is -1.07. The molecule has 0 bridgehead atoms. The van der Waals surface area contributed by atoms with Gasteiger partial charge in [0.05, 0.1) is 24.5 Å². The number of methoxy groups -OCH3 is 1. The van der Waals surface area contributed by atoms with E-state index in [1.54, 1.807) is 0 Å². The Balaban J connectivity index is 1.95. The number of carbonyl (C=O) groups excluding carboxylic acids is 1. The third-order valence-corrected chi connectivity index (χ3v) is 6.06. The monoisotopic (exact) mass is 430 g/mol.